The van der Waals surface area contributed by atoms with Crippen LogP contribution in [0, 0.1) is 6.92 Å². The molecule has 168 valence electrons. The molecule has 0 radical (unpaired) electrons. The molecule has 2 aromatic rings. The van der Waals surface area contributed by atoms with E-state index in [2.05, 4.69) is 10.0 Å². The first-order valence-corrected chi connectivity index (χ1v) is 11.0. The lowest BCUT2D eigenvalue weighted by Crippen LogP contribution is -2.38. The Morgan fingerprint density at radius 3 is 2.42 bits per heavy atom. The molecule has 0 spiro atoms. The summed E-state index contributed by atoms with van der Waals surface area (Å²) >= 11 is 0.983. The average Bonchev–Trinajstić information content (AvgIpc) is 3.06. The fourth-order valence-electron chi connectivity index (χ4n) is 2.53. The van der Waals surface area contributed by atoms with Crippen molar-refractivity contribution >= 4 is 39.2 Å². The number of hydrogen-bond acceptors (Lipinski definition) is 8. The first kappa shape index (κ1) is 24.3. The third-order valence-corrected chi connectivity index (χ3v) is 6.79. The Morgan fingerprint density at radius 2 is 1.84 bits per heavy atom. The van der Waals surface area contributed by atoms with Crippen molar-refractivity contribution in [2.75, 3.05) is 6.61 Å². The minimum absolute atomic E-state index is 0.187. The number of carbonyl (C=O) groups excluding carboxylic acids is 1. The number of carbonyl (C=O) groups is 3. The molecular weight excluding hydrogens is 452 g/mol. The minimum Gasteiger partial charge on any atom is -0.507 e. The van der Waals surface area contributed by atoms with Crippen LogP contribution in [0.1, 0.15) is 36.9 Å². The number of sulfonamides is 1. The van der Waals surface area contributed by atoms with Gasteiger partial charge in [0.05, 0.1) is 28.8 Å². The van der Waals surface area contributed by atoms with E-state index in [0.717, 1.165) is 29.5 Å². The Morgan fingerprint density at radius 1 is 1.16 bits per heavy atom. The molecule has 2 rings (SSSR count). The van der Waals surface area contributed by atoms with E-state index in [0.29, 0.717) is 10.4 Å². The van der Waals surface area contributed by atoms with Crippen LogP contribution in [0.3, 0.4) is 0 Å². The van der Waals surface area contributed by atoms with Gasteiger partial charge >= 0.3 is 11.9 Å². The van der Waals surface area contributed by atoms with Crippen LogP contribution in [0.5, 0.6) is 5.75 Å². The fourth-order valence-corrected chi connectivity index (χ4v) is 4.66. The Balaban J connectivity index is 2.13. The molecule has 11 nitrogen and oxygen atoms in total. The Labute approximate surface area is 181 Å². The topological polar surface area (TPSA) is 190 Å². The zero-order valence-corrected chi connectivity index (χ0v) is 17.8. The summed E-state index contributed by atoms with van der Waals surface area (Å²) < 4.78 is 27.3. The maximum atomic E-state index is 12.5. The number of aliphatic carboxylic acids is 1. The minimum atomic E-state index is -4.11. The fraction of sp³-hybridized carbons (Fsp3) is 0.278. The Hall–Kier alpha value is -3.00. The number of amides is 1. The molecule has 1 heterocycles. The number of aromatic carboxylic acids is 1. The summed E-state index contributed by atoms with van der Waals surface area (Å²) in [7, 11) is -4.11. The number of thiophene rings is 1. The lowest BCUT2D eigenvalue weighted by atomic mass is 10.2. The van der Waals surface area contributed by atoms with E-state index in [1.54, 1.807) is 6.92 Å². The summed E-state index contributed by atoms with van der Waals surface area (Å²) in [4.78, 5) is 34.5. The lowest BCUT2D eigenvalue weighted by Gasteiger charge is -2.13. The molecule has 0 fully saturated rings. The van der Waals surface area contributed by atoms with E-state index in [4.69, 9.17) is 10.2 Å². The van der Waals surface area contributed by atoms with Crippen LogP contribution in [-0.2, 0) is 21.4 Å². The number of aryl methyl sites for hydroxylation is 1. The Bertz CT molecular complexity index is 1110. The normalized spacial score (nSPS) is 12.3. The highest BCUT2D eigenvalue weighted by molar-refractivity contribution is 7.89. The van der Waals surface area contributed by atoms with Crippen molar-refractivity contribution in [3.05, 3.63) is 45.1 Å². The van der Waals surface area contributed by atoms with E-state index >= 15 is 0 Å². The molecular formula is C18H20N2O9S2. The number of benzene rings is 1. The molecule has 1 atom stereocenters. The highest BCUT2D eigenvalue weighted by Gasteiger charge is 2.21. The summed E-state index contributed by atoms with van der Waals surface area (Å²) in [6.45, 7) is 0.911. The van der Waals surface area contributed by atoms with Crippen molar-refractivity contribution in [2.45, 2.75) is 30.8 Å². The van der Waals surface area contributed by atoms with Crippen LogP contribution in [0.2, 0.25) is 0 Å². The smallest absolute Gasteiger partial charge is 0.339 e. The second kappa shape index (κ2) is 9.87. The third-order valence-electron chi connectivity index (χ3n) is 4.15. The second-order valence-corrected chi connectivity index (χ2v) is 9.38. The van der Waals surface area contributed by atoms with E-state index in [1.807, 2.05) is 0 Å². The van der Waals surface area contributed by atoms with Gasteiger partial charge in [0.1, 0.15) is 11.3 Å². The molecule has 0 unspecified atom stereocenters. The van der Waals surface area contributed by atoms with Crippen LogP contribution in [-0.4, -0.2) is 59.3 Å². The number of carboxylic acid groups (broad SMARTS) is 2. The van der Waals surface area contributed by atoms with Crippen LogP contribution >= 0.6 is 11.3 Å². The van der Waals surface area contributed by atoms with Gasteiger partial charge in [0.15, 0.2) is 0 Å². The molecule has 13 heteroatoms. The molecule has 0 aliphatic heterocycles. The lowest BCUT2D eigenvalue weighted by molar-refractivity contribution is -0.137. The van der Waals surface area contributed by atoms with Gasteiger partial charge in [-0.3, -0.25) is 9.59 Å². The maximum Gasteiger partial charge on any atom is 0.339 e. The summed E-state index contributed by atoms with van der Waals surface area (Å²) in [5, 5.41) is 38.9. The number of aliphatic hydroxyl groups excluding tert-OH is 1. The Kier molecular flexibility index (Phi) is 7.73. The highest BCUT2D eigenvalue weighted by Crippen LogP contribution is 2.24. The van der Waals surface area contributed by atoms with Crippen molar-refractivity contribution in [3.8, 4) is 5.75 Å². The summed E-state index contributed by atoms with van der Waals surface area (Å²) in [5.74, 6) is -3.84. The molecule has 1 aromatic heterocycles. The predicted molar refractivity (Wildman–Crippen MR) is 109 cm³/mol. The first-order valence-electron chi connectivity index (χ1n) is 8.73. The highest BCUT2D eigenvalue weighted by atomic mass is 32.2. The van der Waals surface area contributed by atoms with E-state index in [-0.39, 0.29) is 16.3 Å². The number of hydrogen-bond donors (Lipinski definition) is 6. The van der Waals surface area contributed by atoms with E-state index in [1.165, 1.54) is 6.07 Å². The predicted octanol–water partition coefficient (Wildman–Crippen LogP) is 0.504. The quantitative estimate of drug-likeness (QED) is 0.286. The number of rotatable bonds is 10. The van der Waals surface area contributed by atoms with Gasteiger partial charge in [-0.25, -0.2) is 17.9 Å². The van der Waals surface area contributed by atoms with Crippen molar-refractivity contribution in [3.63, 3.8) is 0 Å². The maximum absolute atomic E-state index is 12.5. The van der Waals surface area contributed by atoms with Gasteiger partial charge in [-0.05, 0) is 36.8 Å². The van der Waals surface area contributed by atoms with Crippen molar-refractivity contribution in [2.24, 2.45) is 0 Å². The number of aliphatic hydroxyl groups is 1. The first-order chi connectivity index (χ1) is 14.4. The molecule has 0 saturated heterocycles. The van der Waals surface area contributed by atoms with Crippen LogP contribution in [0.4, 0.5) is 0 Å². The molecule has 0 saturated carbocycles. The van der Waals surface area contributed by atoms with Gasteiger partial charge in [-0.15, -0.1) is 11.3 Å². The zero-order chi connectivity index (χ0) is 23.3. The summed E-state index contributed by atoms with van der Waals surface area (Å²) in [5.41, 5.74) is 0.0440. The largest absolute Gasteiger partial charge is 0.507 e. The standard InChI is InChI=1S/C18H20N2O9S2/c1-9-4-14(17(25)20-10(8-21)5-16(23)24)30-15(9)7-19-31(28,29)11-2-3-13(22)12(6-11)18(26)27/h2-4,6,10,19,21-22H,5,7-8H2,1H3,(H,20,25)(H,23,24)(H,26,27)/t10-/m0/s1. The second-order valence-electron chi connectivity index (χ2n) is 6.48. The zero-order valence-electron chi connectivity index (χ0n) is 16.2. The number of aromatic hydroxyl groups is 1. The molecule has 0 aliphatic carbocycles. The molecule has 31 heavy (non-hydrogen) atoms. The van der Waals surface area contributed by atoms with Gasteiger partial charge in [0, 0.05) is 11.4 Å². The van der Waals surface area contributed by atoms with Crippen molar-refractivity contribution in [1.29, 1.82) is 0 Å². The molecule has 0 aliphatic rings. The number of phenols is 1. The summed E-state index contributed by atoms with van der Waals surface area (Å²) in [6, 6.07) is 3.39. The molecule has 1 aromatic carbocycles. The van der Waals surface area contributed by atoms with Gasteiger partial charge in [-0.2, -0.15) is 0 Å². The van der Waals surface area contributed by atoms with Crippen LogP contribution < -0.4 is 10.0 Å². The number of carboxylic acids is 2. The summed E-state index contributed by atoms with van der Waals surface area (Å²) in [6.07, 6.45) is -0.454. The van der Waals surface area contributed by atoms with Crippen LogP contribution in [0.15, 0.2) is 29.2 Å². The number of nitrogens with one attached hydrogen (secondary N) is 2. The molecule has 6 N–H and O–H groups in total. The van der Waals surface area contributed by atoms with Crippen molar-refractivity contribution < 1.29 is 43.2 Å². The van der Waals surface area contributed by atoms with Gasteiger partial charge in [0.2, 0.25) is 10.0 Å². The SMILES string of the molecule is Cc1cc(C(=O)N[C@H](CO)CC(=O)O)sc1CNS(=O)(=O)c1ccc(O)c(C(=O)O)c1. The van der Waals surface area contributed by atoms with Gasteiger partial charge < -0.3 is 25.7 Å². The van der Waals surface area contributed by atoms with Crippen LogP contribution in [0.25, 0.3) is 0 Å². The molecule has 1 amide bonds. The van der Waals surface area contributed by atoms with Gasteiger partial charge in [-0.1, -0.05) is 0 Å². The average molecular weight is 472 g/mol. The van der Waals surface area contributed by atoms with E-state index in [9.17, 15) is 33.0 Å². The van der Waals surface area contributed by atoms with Crippen molar-refractivity contribution in [1.82, 2.24) is 10.0 Å². The molecule has 0 bridgehead atoms. The third kappa shape index (κ3) is 6.24. The van der Waals surface area contributed by atoms with Gasteiger partial charge in [0.25, 0.3) is 5.91 Å². The van der Waals surface area contributed by atoms with E-state index < -0.39 is 58.3 Å². The monoisotopic (exact) mass is 472 g/mol.